The first-order chi connectivity index (χ1) is 10.1. The van der Waals surface area contributed by atoms with Crippen LogP contribution in [0.1, 0.15) is 52.0 Å². The number of carbonyl (C=O) groups excluding carboxylic acids is 1. The molecule has 1 N–H and O–H groups in total. The zero-order valence-electron chi connectivity index (χ0n) is 12.6. The fourth-order valence-corrected chi connectivity index (χ4v) is 3.14. The number of fused-ring (bicyclic) bond motifs is 1. The standard InChI is InChI=1S/C19H21NO/c1-13-6-3-4-9-18(13)14(2)20-19(21)17-11-10-15-7-5-8-16(15)12-17/h3-4,6,9-12,14H,5,7-8H2,1-2H3,(H,20,21). The Hall–Kier alpha value is -2.09. The Bertz CT molecular complexity index is 675. The van der Waals surface area contributed by atoms with Crippen LogP contribution in [0, 0.1) is 6.92 Å². The highest BCUT2D eigenvalue weighted by molar-refractivity contribution is 5.94. The van der Waals surface area contributed by atoms with Gasteiger partial charge in [0.05, 0.1) is 6.04 Å². The maximum Gasteiger partial charge on any atom is 0.251 e. The molecule has 0 aliphatic heterocycles. The fraction of sp³-hybridized carbons (Fsp3) is 0.316. The monoisotopic (exact) mass is 279 g/mol. The molecule has 0 saturated heterocycles. The van der Waals surface area contributed by atoms with Gasteiger partial charge in [-0.25, -0.2) is 0 Å². The highest BCUT2D eigenvalue weighted by atomic mass is 16.1. The van der Waals surface area contributed by atoms with E-state index in [0.717, 1.165) is 18.4 Å². The molecule has 0 spiro atoms. The van der Waals surface area contributed by atoms with Gasteiger partial charge in [0, 0.05) is 5.56 Å². The SMILES string of the molecule is Cc1ccccc1C(C)NC(=O)c1ccc2c(c1)CCC2. The van der Waals surface area contributed by atoms with Gasteiger partial charge in [-0.15, -0.1) is 0 Å². The molecule has 1 amide bonds. The molecule has 1 atom stereocenters. The Morgan fingerprint density at radius 3 is 2.67 bits per heavy atom. The van der Waals surface area contributed by atoms with Crippen molar-refractivity contribution in [3.05, 3.63) is 70.3 Å². The van der Waals surface area contributed by atoms with E-state index < -0.39 is 0 Å². The average molecular weight is 279 g/mol. The van der Waals surface area contributed by atoms with Gasteiger partial charge in [-0.3, -0.25) is 4.79 Å². The summed E-state index contributed by atoms with van der Waals surface area (Å²) in [4.78, 5) is 12.4. The van der Waals surface area contributed by atoms with Crippen molar-refractivity contribution in [1.82, 2.24) is 5.32 Å². The number of hydrogen-bond acceptors (Lipinski definition) is 1. The lowest BCUT2D eigenvalue weighted by Crippen LogP contribution is -2.27. The Morgan fingerprint density at radius 2 is 1.86 bits per heavy atom. The lowest BCUT2D eigenvalue weighted by Gasteiger charge is -2.17. The normalized spacial score (nSPS) is 14.6. The Labute approximate surface area is 126 Å². The van der Waals surface area contributed by atoms with Crippen molar-refractivity contribution in [2.45, 2.75) is 39.2 Å². The van der Waals surface area contributed by atoms with Crippen LogP contribution in [0.4, 0.5) is 0 Å². The minimum atomic E-state index is 0.0143. The van der Waals surface area contributed by atoms with Gasteiger partial charge < -0.3 is 5.32 Å². The summed E-state index contributed by atoms with van der Waals surface area (Å²) in [6, 6.07) is 14.3. The molecular formula is C19H21NO. The average Bonchev–Trinajstić information content (AvgIpc) is 2.94. The van der Waals surface area contributed by atoms with Gasteiger partial charge in [0.15, 0.2) is 0 Å². The van der Waals surface area contributed by atoms with Crippen LogP contribution in [-0.4, -0.2) is 5.91 Å². The highest BCUT2D eigenvalue weighted by Crippen LogP contribution is 2.23. The molecule has 0 saturated carbocycles. The number of benzene rings is 2. The van der Waals surface area contributed by atoms with Crippen LogP contribution in [0.25, 0.3) is 0 Å². The second kappa shape index (κ2) is 5.72. The highest BCUT2D eigenvalue weighted by Gasteiger charge is 2.16. The third-order valence-corrected chi connectivity index (χ3v) is 4.36. The van der Waals surface area contributed by atoms with Crippen molar-refractivity contribution < 1.29 is 4.79 Å². The van der Waals surface area contributed by atoms with E-state index in [4.69, 9.17) is 0 Å². The predicted octanol–water partition coefficient (Wildman–Crippen LogP) is 3.97. The molecule has 2 heteroatoms. The topological polar surface area (TPSA) is 29.1 Å². The summed E-state index contributed by atoms with van der Waals surface area (Å²) in [6.07, 6.45) is 3.46. The molecular weight excluding hydrogens is 258 g/mol. The van der Waals surface area contributed by atoms with Crippen molar-refractivity contribution in [2.75, 3.05) is 0 Å². The summed E-state index contributed by atoms with van der Waals surface area (Å²) in [6.45, 7) is 4.11. The Kier molecular flexibility index (Phi) is 3.78. The molecule has 0 aromatic heterocycles. The second-order valence-corrected chi connectivity index (χ2v) is 5.89. The lowest BCUT2D eigenvalue weighted by atomic mass is 10.0. The van der Waals surface area contributed by atoms with E-state index in [1.54, 1.807) is 0 Å². The third-order valence-electron chi connectivity index (χ3n) is 4.36. The summed E-state index contributed by atoms with van der Waals surface area (Å²) >= 11 is 0. The van der Waals surface area contributed by atoms with Crippen molar-refractivity contribution in [2.24, 2.45) is 0 Å². The van der Waals surface area contributed by atoms with Gasteiger partial charge >= 0.3 is 0 Å². The Balaban J connectivity index is 1.76. The van der Waals surface area contributed by atoms with Crippen LogP contribution >= 0.6 is 0 Å². The fourth-order valence-electron chi connectivity index (χ4n) is 3.14. The van der Waals surface area contributed by atoms with Crippen molar-refractivity contribution in [1.29, 1.82) is 0 Å². The van der Waals surface area contributed by atoms with E-state index in [-0.39, 0.29) is 11.9 Å². The molecule has 108 valence electrons. The van der Waals surface area contributed by atoms with Gasteiger partial charge in [0.25, 0.3) is 5.91 Å². The van der Waals surface area contributed by atoms with Crippen LogP contribution in [0.3, 0.4) is 0 Å². The van der Waals surface area contributed by atoms with Gasteiger partial charge in [-0.2, -0.15) is 0 Å². The van der Waals surface area contributed by atoms with E-state index in [9.17, 15) is 4.79 Å². The van der Waals surface area contributed by atoms with Gasteiger partial charge in [0.2, 0.25) is 0 Å². The van der Waals surface area contributed by atoms with Gasteiger partial charge in [-0.1, -0.05) is 30.3 Å². The number of carbonyl (C=O) groups is 1. The van der Waals surface area contributed by atoms with Gasteiger partial charge in [0.1, 0.15) is 0 Å². The first-order valence-corrected chi connectivity index (χ1v) is 7.63. The van der Waals surface area contributed by atoms with Crippen LogP contribution in [-0.2, 0) is 12.8 Å². The Morgan fingerprint density at radius 1 is 1.10 bits per heavy atom. The molecule has 3 rings (SSSR count). The number of aryl methyl sites for hydroxylation is 3. The maximum absolute atomic E-state index is 12.4. The molecule has 21 heavy (non-hydrogen) atoms. The molecule has 1 aliphatic rings. The molecule has 0 radical (unpaired) electrons. The summed E-state index contributed by atoms with van der Waals surface area (Å²) in [5, 5.41) is 3.11. The van der Waals surface area contributed by atoms with Crippen molar-refractivity contribution in [3.63, 3.8) is 0 Å². The molecule has 0 bridgehead atoms. The third kappa shape index (κ3) is 2.85. The van der Waals surface area contributed by atoms with Crippen LogP contribution in [0.2, 0.25) is 0 Å². The number of amides is 1. The molecule has 2 nitrogen and oxygen atoms in total. The van der Waals surface area contributed by atoms with E-state index in [1.165, 1.54) is 28.7 Å². The zero-order chi connectivity index (χ0) is 14.8. The maximum atomic E-state index is 12.4. The van der Waals surface area contributed by atoms with Crippen molar-refractivity contribution in [3.8, 4) is 0 Å². The molecule has 1 unspecified atom stereocenters. The summed E-state index contributed by atoms with van der Waals surface area (Å²) in [7, 11) is 0. The van der Waals surface area contributed by atoms with E-state index >= 15 is 0 Å². The quantitative estimate of drug-likeness (QED) is 0.905. The predicted molar refractivity (Wildman–Crippen MR) is 85.5 cm³/mol. The van der Waals surface area contributed by atoms with Crippen molar-refractivity contribution >= 4 is 5.91 Å². The molecule has 0 heterocycles. The number of rotatable bonds is 3. The van der Waals surface area contributed by atoms with E-state index in [0.29, 0.717) is 0 Å². The molecule has 1 aliphatic carbocycles. The second-order valence-electron chi connectivity index (χ2n) is 5.89. The lowest BCUT2D eigenvalue weighted by molar-refractivity contribution is 0.0939. The number of hydrogen-bond donors (Lipinski definition) is 1. The zero-order valence-corrected chi connectivity index (χ0v) is 12.6. The number of nitrogens with one attached hydrogen (secondary N) is 1. The summed E-state index contributed by atoms with van der Waals surface area (Å²) in [5.74, 6) is 0.0143. The van der Waals surface area contributed by atoms with Crippen LogP contribution in [0.5, 0.6) is 0 Å². The first-order valence-electron chi connectivity index (χ1n) is 7.63. The van der Waals surface area contributed by atoms with Crippen LogP contribution < -0.4 is 5.32 Å². The van der Waals surface area contributed by atoms with Gasteiger partial charge in [-0.05, 0) is 67.5 Å². The summed E-state index contributed by atoms with van der Waals surface area (Å²) in [5.41, 5.74) is 5.90. The minimum Gasteiger partial charge on any atom is -0.346 e. The largest absolute Gasteiger partial charge is 0.346 e. The molecule has 2 aromatic rings. The minimum absolute atomic E-state index is 0.0143. The van der Waals surface area contributed by atoms with E-state index in [2.05, 4.69) is 36.5 Å². The first kappa shape index (κ1) is 13.9. The van der Waals surface area contributed by atoms with E-state index in [1.807, 2.05) is 25.1 Å². The molecule has 2 aromatic carbocycles. The molecule has 0 fully saturated rings. The summed E-state index contributed by atoms with van der Waals surface area (Å²) < 4.78 is 0. The smallest absolute Gasteiger partial charge is 0.251 e. The van der Waals surface area contributed by atoms with Crippen LogP contribution in [0.15, 0.2) is 42.5 Å².